The van der Waals surface area contributed by atoms with Crippen LogP contribution in [0.5, 0.6) is 29.3 Å². The van der Waals surface area contributed by atoms with E-state index in [4.69, 9.17) is 23.9 Å². The van der Waals surface area contributed by atoms with Crippen LogP contribution in [0.4, 0.5) is 8.78 Å². The topological polar surface area (TPSA) is 132 Å². The summed E-state index contributed by atoms with van der Waals surface area (Å²) in [6, 6.07) is 13.3. The molecule has 0 saturated heterocycles. The highest BCUT2D eigenvalue weighted by Gasteiger charge is 2.45. The van der Waals surface area contributed by atoms with Gasteiger partial charge >= 0.3 is 6.61 Å². The lowest BCUT2D eigenvalue weighted by atomic mass is 9.71. The monoisotopic (exact) mass is 609 g/mol. The molecule has 13 heteroatoms. The van der Waals surface area contributed by atoms with Crippen molar-refractivity contribution in [2.45, 2.75) is 24.6 Å². The van der Waals surface area contributed by atoms with Crippen molar-refractivity contribution in [1.29, 1.82) is 5.26 Å². The van der Waals surface area contributed by atoms with Gasteiger partial charge in [0.1, 0.15) is 5.60 Å². The minimum Gasteiger partial charge on any atom is -0.491 e. The van der Waals surface area contributed by atoms with Crippen LogP contribution in [0, 0.1) is 11.3 Å². The molecule has 3 aromatic heterocycles. The Balaban J connectivity index is 2.15. The number of hydrogen-bond acceptors (Lipinski definition) is 11. The molecular formula is C31H33F2N5O6. The van der Waals surface area contributed by atoms with Crippen molar-refractivity contribution in [1.82, 2.24) is 19.9 Å². The first-order chi connectivity index (χ1) is 21.1. The summed E-state index contributed by atoms with van der Waals surface area (Å²) in [5.41, 5.74) is 0.0788. The Hall–Kier alpha value is -4.80. The molecule has 44 heavy (non-hydrogen) atoms. The third-order valence-corrected chi connectivity index (χ3v) is 7.17. The highest BCUT2D eigenvalue weighted by atomic mass is 19.3. The van der Waals surface area contributed by atoms with Gasteiger partial charge in [-0.25, -0.2) is 9.97 Å². The average molecular weight is 610 g/mol. The van der Waals surface area contributed by atoms with E-state index in [1.165, 1.54) is 46.8 Å². The van der Waals surface area contributed by atoms with Gasteiger partial charge in [0, 0.05) is 41.4 Å². The zero-order valence-corrected chi connectivity index (χ0v) is 25.2. The van der Waals surface area contributed by atoms with Gasteiger partial charge in [-0.1, -0.05) is 0 Å². The fourth-order valence-electron chi connectivity index (χ4n) is 5.15. The molecule has 4 rings (SSSR count). The van der Waals surface area contributed by atoms with E-state index in [-0.39, 0.29) is 35.4 Å². The first-order valence-electron chi connectivity index (χ1n) is 13.4. The van der Waals surface area contributed by atoms with Gasteiger partial charge in [-0.2, -0.15) is 19.0 Å². The molecule has 0 spiro atoms. The van der Waals surface area contributed by atoms with Crippen molar-refractivity contribution >= 4 is 10.9 Å². The predicted molar refractivity (Wildman–Crippen MR) is 157 cm³/mol. The standard InChI is InChI=1S/C31H33F2N5O6/c1-38(2)12-10-31(39,20-15-24(40-3)37-25(16-20)44-30(32)33)26(21-9-11-35-29(43-6)27(21)41-4)22-14-19-13-18(17-34)7-8-23(19)36-28(22)42-5/h7-9,11,13-16,26,30,39H,10,12H2,1-6H3/t26-,31-/m1/s1. The Morgan fingerprint density at radius 3 is 2.25 bits per heavy atom. The molecule has 0 unspecified atom stereocenters. The maximum absolute atomic E-state index is 13.4. The van der Waals surface area contributed by atoms with E-state index in [0.717, 1.165) is 0 Å². The Labute approximate surface area is 253 Å². The molecule has 11 nitrogen and oxygen atoms in total. The molecule has 0 aliphatic rings. The van der Waals surface area contributed by atoms with E-state index >= 15 is 0 Å². The molecule has 0 fully saturated rings. The van der Waals surface area contributed by atoms with Crippen molar-refractivity contribution in [2.75, 3.05) is 49.1 Å². The molecule has 0 bridgehead atoms. The first kappa shape index (κ1) is 32.1. The minimum absolute atomic E-state index is 0.0540. The van der Waals surface area contributed by atoms with E-state index in [9.17, 15) is 19.1 Å². The molecule has 3 heterocycles. The van der Waals surface area contributed by atoms with Crippen molar-refractivity contribution in [2.24, 2.45) is 0 Å². The van der Waals surface area contributed by atoms with Crippen LogP contribution in [0.3, 0.4) is 0 Å². The maximum Gasteiger partial charge on any atom is 0.388 e. The van der Waals surface area contributed by atoms with Crippen LogP contribution in [0.2, 0.25) is 0 Å². The van der Waals surface area contributed by atoms with Gasteiger partial charge in [0.05, 0.1) is 51.5 Å². The summed E-state index contributed by atoms with van der Waals surface area (Å²) in [4.78, 5) is 14.8. The molecule has 0 amide bonds. The van der Waals surface area contributed by atoms with Gasteiger partial charge < -0.3 is 33.7 Å². The molecule has 232 valence electrons. The number of aromatic nitrogens is 3. The number of methoxy groups -OCH3 is 4. The summed E-state index contributed by atoms with van der Waals surface area (Å²) < 4.78 is 53.7. The Morgan fingerprint density at radius 2 is 1.64 bits per heavy atom. The highest BCUT2D eigenvalue weighted by molar-refractivity contribution is 5.82. The van der Waals surface area contributed by atoms with Crippen molar-refractivity contribution in [3.63, 3.8) is 0 Å². The molecule has 1 aromatic carbocycles. The second-order valence-electron chi connectivity index (χ2n) is 10.1. The number of nitrogens with zero attached hydrogens (tertiary/aromatic N) is 5. The van der Waals surface area contributed by atoms with Gasteiger partial charge in [-0.15, -0.1) is 0 Å². The third-order valence-electron chi connectivity index (χ3n) is 7.17. The summed E-state index contributed by atoms with van der Waals surface area (Å²) in [6.07, 6.45) is 1.57. The van der Waals surface area contributed by atoms with Crippen LogP contribution in [-0.2, 0) is 5.60 Å². The van der Waals surface area contributed by atoms with Crippen LogP contribution >= 0.6 is 0 Å². The van der Waals surface area contributed by atoms with Crippen LogP contribution < -0.4 is 23.7 Å². The summed E-state index contributed by atoms with van der Waals surface area (Å²) in [5, 5.41) is 23.2. The van der Waals surface area contributed by atoms with Crippen LogP contribution in [0.1, 0.15) is 34.6 Å². The number of rotatable bonds is 13. The van der Waals surface area contributed by atoms with Crippen molar-refractivity contribution in [3.05, 3.63) is 70.9 Å². The van der Waals surface area contributed by atoms with Crippen LogP contribution in [0.25, 0.3) is 10.9 Å². The SMILES string of the molecule is COc1cc([C@](O)(CCN(C)C)[C@@H](c2cc3cc(C#N)ccc3nc2OC)c2ccnc(OC)c2OC)cc(OC(F)F)n1. The lowest BCUT2D eigenvalue weighted by Gasteiger charge is -2.39. The number of ether oxygens (including phenoxy) is 5. The number of pyridine rings is 3. The molecular weight excluding hydrogens is 576 g/mol. The van der Waals surface area contributed by atoms with Crippen molar-refractivity contribution in [3.8, 4) is 35.3 Å². The quantitative estimate of drug-likeness (QED) is 0.230. The van der Waals surface area contributed by atoms with E-state index < -0.39 is 24.0 Å². The highest BCUT2D eigenvalue weighted by Crippen LogP contribution is 2.51. The van der Waals surface area contributed by atoms with E-state index in [1.807, 2.05) is 19.0 Å². The smallest absolute Gasteiger partial charge is 0.388 e. The summed E-state index contributed by atoms with van der Waals surface area (Å²) in [5.74, 6) is -0.990. The number of nitriles is 1. The van der Waals surface area contributed by atoms with Crippen LogP contribution in [0.15, 0.2) is 48.7 Å². The molecule has 0 radical (unpaired) electrons. The average Bonchev–Trinajstić information content (AvgIpc) is 3.02. The third kappa shape index (κ3) is 6.56. The minimum atomic E-state index is -3.17. The fraction of sp³-hybridized carbons (Fsp3) is 0.355. The number of halogens is 2. The van der Waals surface area contributed by atoms with E-state index in [1.54, 1.807) is 30.3 Å². The number of hydrogen-bond donors (Lipinski definition) is 1. The zero-order valence-electron chi connectivity index (χ0n) is 25.2. The van der Waals surface area contributed by atoms with Gasteiger partial charge in [0.25, 0.3) is 5.88 Å². The largest absolute Gasteiger partial charge is 0.491 e. The van der Waals surface area contributed by atoms with Gasteiger partial charge in [-0.3, -0.25) is 0 Å². The molecule has 2 atom stereocenters. The lowest BCUT2D eigenvalue weighted by Crippen LogP contribution is -2.38. The zero-order chi connectivity index (χ0) is 32.0. The number of alkyl halides is 2. The number of aliphatic hydroxyl groups is 1. The number of benzene rings is 1. The fourth-order valence-corrected chi connectivity index (χ4v) is 5.15. The van der Waals surface area contributed by atoms with E-state index in [0.29, 0.717) is 34.1 Å². The lowest BCUT2D eigenvalue weighted by molar-refractivity contribution is -0.0538. The number of fused-ring (bicyclic) bond motifs is 1. The Bertz CT molecular complexity index is 1670. The molecule has 4 aromatic rings. The van der Waals surface area contributed by atoms with E-state index in [2.05, 4.69) is 20.8 Å². The second-order valence-corrected chi connectivity index (χ2v) is 10.1. The Kier molecular flexibility index (Phi) is 9.97. The van der Waals surface area contributed by atoms with Crippen molar-refractivity contribution < 1.29 is 37.6 Å². The summed E-state index contributed by atoms with van der Waals surface area (Å²) >= 11 is 0. The molecule has 0 aliphatic heterocycles. The maximum atomic E-state index is 13.4. The molecule has 0 saturated carbocycles. The molecule has 1 N–H and O–H groups in total. The normalized spacial score (nSPS) is 13.3. The van der Waals surface area contributed by atoms with Gasteiger partial charge in [0.15, 0.2) is 5.75 Å². The van der Waals surface area contributed by atoms with Crippen LogP contribution in [-0.4, -0.2) is 80.6 Å². The Morgan fingerprint density at radius 1 is 0.909 bits per heavy atom. The van der Waals surface area contributed by atoms with Gasteiger partial charge in [-0.05, 0) is 56.4 Å². The summed E-state index contributed by atoms with van der Waals surface area (Å²) in [7, 11) is 9.33. The predicted octanol–water partition coefficient (Wildman–Crippen LogP) is 4.50. The summed E-state index contributed by atoms with van der Waals surface area (Å²) in [6.45, 7) is -2.81. The molecule has 0 aliphatic carbocycles. The second kappa shape index (κ2) is 13.7. The first-order valence-corrected chi connectivity index (χ1v) is 13.4. The van der Waals surface area contributed by atoms with Gasteiger partial charge in [0.2, 0.25) is 17.6 Å².